The molecule has 21 heavy (non-hydrogen) atoms. The highest BCUT2D eigenvalue weighted by atomic mass is 35.5. The van der Waals surface area contributed by atoms with Gasteiger partial charge in [-0.1, -0.05) is 0 Å². The third-order valence-electron chi connectivity index (χ3n) is 2.59. The van der Waals surface area contributed by atoms with Crippen molar-refractivity contribution in [3.63, 3.8) is 0 Å². The second kappa shape index (κ2) is 8.19. The smallest absolute Gasteiger partial charge is 0.350 e. The van der Waals surface area contributed by atoms with Gasteiger partial charge in [0.15, 0.2) is 12.2 Å². The van der Waals surface area contributed by atoms with Gasteiger partial charge < -0.3 is 19.3 Å². The van der Waals surface area contributed by atoms with Crippen LogP contribution in [0.4, 0.5) is 0 Å². The van der Waals surface area contributed by atoms with E-state index in [9.17, 15) is 19.5 Å². The van der Waals surface area contributed by atoms with Gasteiger partial charge in [0.25, 0.3) is 0 Å². The maximum absolute atomic E-state index is 12.0. The zero-order valence-corrected chi connectivity index (χ0v) is 13.4. The molecule has 0 saturated carbocycles. The molecule has 1 N–H and O–H groups in total. The van der Waals surface area contributed by atoms with Crippen LogP contribution in [0.15, 0.2) is 0 Å². The molecule has 0 bridgehead atoms. The summed E-state index contributed by atoms with van der Waals surface area (Å²) in [5, 5.41) is 9.59. The van der Waals surface area contributed by atoms with Gasteiger partial charge in [-0.05, 0) is 33.6 Å². The highest BCUT2D eigenvalue weighted by Gasteiger charge is 2.42. The monoisotopic (exact) mass is 324 g/mol. The average Bonchev–Trinajstić information content (AvgIpc) is 2.40. The summed E-state index contributed by atoms with van der Waals surface area (Å²) in [6.07, 6.45) is 0.475. The molecule has 0 saturated heterocycles. The Morgan fingerprint density at radius 3 is 2.14 bits per heavy atom. The summed E-state index contributed by atoms with van der Waals surface area (Å²) in [5.41, 5.74) is -3.40. The lowest BCUT2D eigenvalue weighted by molar-refractivity contribution is -0.193. The van der Waals surface area contributed by atoms with Crippen LogP contribution in [-0.4, -0.2) is 53.8 Å². The quantitative estimate of drug-likeness (QED) is 0.400. The fourth-order valence-corrected chi connectivity index (χ4v) is 1.40. The SMILES string of the molecule is COC(=O)COC(=O)C(C)(CCCCl)OC(=O)C(C)(C)O. The summed E-state index contributed by atoms with van der Waals surface area (Å²) >= 11 is 5.57. The van der Waals surface area contributed by atoms with E-state index >= 15 is 0 Å². The van der Waals surface area contributed by atoms with Crippen molar-refractivity contribution >= 4 is 29.5 Å². The topological polar surface area (TPSA) is 99.1 Å². The molecule has 7 nitrogen and oxygen atoms in total. The van der Waals surface area contributed by atoms with Gasteiger partial charge in [0, 0.05) is 5.88 Å². The first-order chi connectivity index (χ1) is 9.56. The van der Waals surface area contributed by atoms with Crippen molar-refractivity contribution < 1.29 is 33.7 Å². The van der Waals surface area contributed by atoms with Crippen molar-refractivity contribution in [3.8, 4) is 0 Å². The molecule has 8 heteroatoms. The molecule has 0 heterocycles. The summed E-state index contributed by atoms with van der Waals surface area (Å²) < 4.78 is 14.2. The van der Waals surface area contributed by atoms with Gasteiger partial charge in [0.2, 0.25) is 5.60 Å². The van der Waals surface area contributed by atoms with E-state index in [-0.39, 0.29) is 12.3 Å². The summed E-state index contributed by atoms with van der Waals surface area (Å²) in [5.74, 6) is -2.37. The van der Waals surface area contributed by atoms with E-state index in [1.165, 1.54) is 20.8 Å². The average molecular weight is 325 g/mol. The molecule has 0 rings (SSSR count). The Kier molecular flexibility index (Phi) is 7.67. The van der Waals surface area contributed by atoms with Gasteiger partial charge in [-0.15, -0.1) is 11.6 Å². The minimum absolute atomic E-state index is 0.0956. The zero-order chi connectivity index (χ0) is 16.7. The van der Waals surface area contributed by atoms with Crippen molar-refractivity contribution in [2.45, 2.75) is 44.8 Å². The molecule has 0 aromatic carbocycles. The minimum Gasteiger partial charge on any atom is -0.466 e. The zero-order valence-electron chi connectivity index (χ0n) is 12.6. The van der Waals surface area contributed by atoms with Gasteiger partial charge in [-0.3, -0.25) is 0 Å². The number of halogens is 1. The van der Waals surface area contributed by atoms with Crippen LogP contribution in [-0.2, 0) is 28.6 Å². The van der Waals surface area contributed by atoms with E-state index in [0.717, 1.165) is 7.11 Å². The largest absolute Gasteiger partial charge is 0.466 e. The highest BCUT2D eigenvalue weighted by molar-refractivity contribution is 6.17. The van der Waals surface area contributed by atoms with Crippen LogP contribution in [0.5, 0.6) is 0 Å². The van der Waals surface area contributed by atoms with Crippen molar-refractivity contribution in [1.29, 1.82) is 0 Å². The van der Waals surface area contributed by atoms with E-state index < -0.39 is 35.7 Å². The number of hydrogen-bond acceptors (Lipinski definition) is 7. The number of ether oxygens (including phenoxy) is 3. The maximum atomic E-state index is 12.0. The molecule has 0 spiro atoms. The van der Waals surface area contributed by atoms with Crippen LogP contribution in [0.3, 0.4) is 0 Å². The lowest BCUT2D eigenvalue weighted by Crippen LogP contribution is -2.47. The molecular weight excluding hydrogens is 304 g/mol. The molecule has 122 valence electrons. The van der Waals surface area contributed by atoms with E-state index in [1.807, 2.05) is 0 Å². The molecule has 0 aliphatic carbocycles. The van der Waals surface area contributed by atoms with Crippen molar-refractivity contribution in [2.75, 3.05) is 19.6 Å². The van der Waals surface area contributed by atoms with Gasteiger partial charge in [-0.2, -0.15) is 0 Å². The number of esters is 3. The van der Waals surface area contributed by atoms with Crippen LogP contribution in [0.2, 0.25) is 0 Å². The summed E-state index contributed by atoms with van der Waals surface area (Å²) in [7, 11) is 1.15. The lowest BCUT2D eigenvalue weighted by Gasteiger charge is -2.29. The van der Waals surface area contributed by atoms with E-state index in [4.69, 9.17) is 21.1 Å². The van der Waals surface area contributed by atoms with Crippen molar-refractivity contribution in [1.82, 2.24) is 0 Å². The second-order valence-electron chi connectivity index (χ2n) is 5.12. The number of carbonyl (C=O) groups excluding carboxylic acids is 3. The number of rotatable bonds is 8. The maximum Gasteiger partial charge on any atom is 0.350 e. The van der Waals surface area contributed by atoms with Crippen LogP contribution in [0.25, 0.3) is 0 Å². The normalized spacial score (nSPS) is 14.0. The molecule has 1 unspecified atom stereocenters. The van der Waals surface area contributed by atoms with Gasteiger partial charge in [-0.25, -0.2) is 14.4 Å². The third kappa shape index (κ3) is 6.77. The Bertz CT molecular complexity index is 388. The van der Waals surface area contributed by atoms with E-state index in [0.29, 0.717) is 6.42 Å². The molecule has 0 amide bonds. The van der Waals surface area contributed by atoms with Crippen LogP contribution in [0, 0.1) is 0 Å². The molecular formula is C13H21ClO7. The molecule has 0 aliphatic rings. The van der Waals surface area contributed by atoms with Crippen molar-refractivity contribution in [3.05, 3.63) is 0 Å². The Morgan fingerprint density at radius 1 is 1.14 bits per heavy atom. The van der Waals surface area contributed by atoms with E-state index in [2.05, 4.69) is 4.74 Å². The number of carbonyl (C=O) groups is 3. The number of aliphatic hydroxyl groups is 1. The van der Waals surface area contributed by atoms with Gasteiger partial charge >= 0.3 is 17.9 Å². The molecule has 0 fully saturated rings. The number of alkyl halides is 1. The Morgan fingerprint density at radius 2 is 1.71 bits per heavy atom. The van der Waals surface area contributed by atoms with Crippen molar-refractivity contribution in [2.24, 2.45) is 0 Å². The predicted molar refractivity (Wildman–Crippen MR) is 73.7 cm³/mol. The molecule has 0 aromatic rings. The van der Waals surface area contributed by atoms with Crippen LogP contribution < -0.4 is 0 Å². The summed E-state index contributed by atoms with van der Waals surface area (Å²) in [4.78, 5) is 34.7. The number of methoxy groups -OCH3 is 1. The minimum atomic E-state index is -1.76. The lowest BCUT2D eigenvalue weighted by atomic mass is 9.99. The highest BCUT2D eigenvalue weighted by Crippen LogP contribution is 2.23. The summed E-state index contributed by atoms with van der Waals surface area (Å²) in [6, 6.07) is 0. The second-order valence-corrected chi connectivity index (χ2v) is 5.50. The third-order valence-corrected chi connectivity index (χ3v) is 2.85. The Hall–Kier alpha value is -1.34. The first-order valence-corrected chi connectivity index (χ1v) is 6.86. The molecule has 0 aliphatic heterocycles. The fraction of sp³-hybridized carbons (Fsp3) is 0.769. The predicted octanol–water partition coefficient (Wildman–Crippen LogP) is 0.794. The number of hydrogen-bond donors (Lipinski definition) is 1. The Labute approximate surface area is 128 Å². The van der Waals surface area contributed by atoms with Gasteiger partial charge in [0.1, 0.15) is 0 Å². The van der Waals surface area contributed by atoms with E-state index in [1.54, 1.807) is 0 Å². The van der Waals surface area contributed by atoms with Crippen LogP contribution >= 0.6 is 11.6 Å². The summed E-state index contributed by atoms with van der Waals surface area (Å²) in [6.45, 7) is 3.21. The fourth-order valence-electron chi connectivity index (χ4n) is 1.26. The standard InChI is InChI=1S/C13H21ClO7/c1-12(2,18)10(16)21-13(3,6-5-7-14)11(17)20-8-9(15)19-4/h18H,5-8H2,1-4H3. The van der Waals surface area contributed by atoms with Gasteiger partial charge in [0.05, 0.1) is 7.11 Å². The molecule has 1 atom stereocenters. The first-order valence-electron chi connectivity index (χ1n) is 6.32. The molecule has 0 radical (unpaired) electrons. The Balaban J connectivity index is 4.93. The first kappa shape index (κ1) is 19.7. The molecule has 0 aromatic heterocycles. The van der Waals surface area contributed by atoms with Crippen LogP contribution in [0.1, 0.15) is 33.6 Å².